The Morgan fingerprint density at radius 3 is 2.43 bits per heavy atom. The molecule has 3 N–H and O–H groups in total. The Bertz CT molecular complexity index is 787. The number of thioether (sulfide) groups is 1. The number of anilines is 2. The normalized spacial score (nSPS) is 23.9. The highest BCUT2D eigenvalue weighted by atomic mass is 35.5. The van der Waals surface area contributed by atoms with E-state index in [0.717, 1.165) is 12.2 Å². The molecule has 2 aliphatic rings. The standard InChI is InChI=1S/C19H29ClN4O5S.C3H8.C2H6/c1-5-7-30-18-23-16(20)13(21)17(24-18)22-10-8-11(27-9-12(25)26-6-2)15-14(10)28-19(3,4)29-15;1-3-2;1-2/h10-11,14-15H,5-9,21H2,1-4H3,(H,22,23,24);3H2,1-2H3;1-2H3/t10?,11?,14-,15+;;/m0../s1. The summed E-state index contributed by atoms with van der Waals surface area (Å²) >= 11 is 7.74. The summed E-state index contributed by atoms with van der Waals surface area (Å²) in [4.78, 5) is 20.5. The number of fused-ring (bicyclic) bond motifs is 1. The number of carbonyl (C=O) groups is 1. The van der Waals surface area contributed by atoms with Gasteiger partial charge in [0.15, 0.2) is 21.9 Å². The van der Waals surface area contributed by atoms with E-state index in [1.165, 1.54) is 18.2 Å². The number of carbonyl (C=O) groups excluding carboxylic acids is 1. The zero-order chi connectivity index (χ0) is 26.6. The fraction of sp³-hybridized carbons (Fsp3) is 0.792. The van der Waals surface area contributed by atoms with Gasteiger partial charge < -0.3 is 30.0 Å². The van der Waals surface area contributed by atoms with Crippen LogP contribution in [0.4, 0.5) is 11.5 Å². The Hall–Kier alpha value is -1.33. The molecule has 2 unspecified atom stereocenters. The van der Waals surface area contributed by atoms with Crippen LogP contribution in [0.25, 0.3) is 0 Å². The van der Waals surface area contributed by atoms with Crippen molar-refractivity contribution < 1.29 is 23.7 Å². The summed E-state index contributed by atoms with van der Waals surface area (Å²) in [5.41, 5.74) is 6.40. The lowest BCUT2D eigenvalue weighted by atomic mass is 10.2. The van der Waals surface area contributed by atoms with Gasteiger partial charge in [-0.05, 0) is 33.6 Å². The van der Waals surface area contributed by atoms with Crippen molar-refractivity contribution in [3.05, 3.63) is 5.15 Å². The van der Waals surface area contributed by atoms with Crippen LogP contribution < -0.4 is 11.1 Å². The molecule has 11 heteroatoms. The number of nitrogen functional groups attached to an aromatic ring is 1. The van der Waals surface area contributed by atoms with Gasteiger partial charge in [-0.15, -0.1) is 0 Å². The quantitative estimate of drug-likeness (QED) is 0.187. The molecule has 1 aliphatic heterocycles. The SMILES string of the molecule is CC.CCC.CCCSc1nc(Cl)c(N)c(NC2CC(OCC(=O)OCC)[C@H]3OC(C)(C)O[C@@H]23)n1. The maximum absolute atomic E-state index is 11.7. The Labute approximate surface area is 219 Å². The molecule has 202 valence electrons. The van der Waals surface area contributed by atoms with Crippen molar-refractivity contribution in [3.63, 3.8) is 0 Å². The van der Waals surface area contributed by atoms with E-state index in [1.54, 1.807) is 6.92 Å². The second-order valence-electron chi connectivity index (χ2n) is 8.32. The summed E-state index contributed by atoms with van der Waals surface area (Å²) in [7, 11) is 0. The van der Waals surface area contributed by atoms with Gasteiger partial charge in [-0.3, -0.25) is 0 Å². The van der Waals surface area contributed by atoms with Gasteiger partial charge in [0.1, 0.15) is 24.5 Å². The van der Waals surface area contributed by atoms with Crippen molar-refractivity contribution in [3.8, 4) is 0 Å². The van der Waals surface area contributed by atoms with Crippen LogP contribution in [0.15, 0.2) is 5.16 Å². The number of nitrogens with zero attached hydrogens (tertiary/aromatic N) is 2. The van der Waals surface area contributed by atoms with Crippen molar-refractivity contribution in [2.45, 2.75) is 110 Å². The number of hydrogen-bond donors (Lipinski definition) is 2. The zero-order valence-electron chi connectivity index (χ0n) is 22.4. The van der Waals surface area contributed by atoms with Gasteiger partial charge in [-0.25, -0.2) is 14.8 Å². The van der Waals surface area contributed by atoms with E-state index in [4.69, 9.17) is 36.3 Å². The average Bonchev–Trinajstić information content (AvgIpc) is 3.29. The summed E-state index contributed by atoms with van der Waals surface area (Å²) in [6.07, 6.45) is 1.81. The minimum atomic E-state index is -0.766. The van der Waals surface area contributed by atoms with Gasteiger partial charge in [0, 0.05) is 5.75 Å². The first kappa shape index (κ1) is 31.7. The van der Waals surface area contributed by atoms with Crippen LogP contribution in [0, 0.1) is 0 Å². The molecule has 4 atom stereocenters. The van der Waals surface area contributed by atoms with E-state index < -0.39 is 11.8 Å². The van der Waals surface area contributed by atoms with Crippen molar-refractivity contribution in [2.75, 3.05) is 30.0 Å². The zero-order valence-corrected chi connectivity index (χ0v) is 23.9. The maximum Gasteiger partial charge on any atom is 0.332 e. The smallest absolute Gasteiger partial charge is 0.332 e. The number of ether oxygens (including phenoxy) is 4. The second kappa shape index (κ2) is 15.7. The monoisotopic (exact) mass is 534 g/mol. The molecule has 1 saturated heterocycles. The first-order valence-corrected chi connectivity index (χ1v) is 13.9. The average molecular weight is 535 g/mol. The van der Waals surface area contributed by atoms with Crippen molar-refractivity contribution >= 4 is 40.8 Å². The van der Waals surface area contributed by atoms with Crippen LogP contribution in [0.1, 0.15) is 74.7 Å². The number of hydrogen-bond acceptors (Lipinski definition) is 10. The van der Waals surface area contributed by atoms with Crippen molar-refractivity contribution in [1.82, 2.24) is 9.97 Å². The summed E-state index contributed by atoms with van der Waals surface area (Å²) in [6, 6.07) is -0.193. The number of nitrogens with two attached hydrogens (primary N) is 1. The molecule has 1 saturated carbocycles. The van der Waals surface area contributed by atoms with Crippen molar-refractivity contribution in [2.24, 2.45) is 0 Å². The van der Waals surface area contributed by atoms with Crippen molar-refractivity contribution in [1.29, 1.82) is 0 Å². The molecule has 2 heterocycles. The highest BCUT2D eigenvalue weighted by molar-refractivity contribution is 7.99. The van der Waals surface area contributed by atoms with Gasteiger partial charge in [-0.2, -0.15) is 0 Å². The number of nitrogens with one attached hydrogen (secondary N) is 1. The van der Waals surface area contributed by atoms with Gasteiger partial charge >= 0.3 is 5.97 Å². The lowest BCUT2D eigenvalue weighted by Gasteiger charge is -2.24. The lowest BCUT2D eigenvalue weighted by Crippen LogP contribution is -2.35. The van der Waals surface area contributed by atoms with E-state index in [9.17, 15) is 4.79 Å². The third-order valence-corrected chi connectivity index (χ3v) is 6.11. The minimum Gasteiger partial charge on any atom is -0.464 e. The minimum absolute atomic E-state index is 0.141. The number of rotatable bonds is 9. The molecule has 0 amide bonds. The van der Waals surface area contributed by atoms with Gasteiger partial charge in [0.25, 0.3) is 0 Å². The van der Waals surface area contributed by atoms with Gasteiger partial charge in [-0.1, -0.05) is 64.4 Å². The molecule has 0 spiro atoms. The fourth-order valence-electron chi connectivity index (χ4n) is 3.58. The molecule has 1 aromatic heterocycles. The van der Waals surface area contributed by atoms with Crippen LogP contribution in [-0.2, 0) is 23.7 Å². The first-order valence-electron chi connectivity index (χ1n) is 12.5. The highest BCUT2D eigenvalue weighted by Gasteiger charge is 2.55. The topological polar surface area (TPSA) is 118 Å². The highest BCUT2D eigenvalue weighted by Crippen LogP contribution is 2.41. The third kappa shape index (κ3) is 9.57. The molecule has 1 aliphatic carbocycles. The molecule has 2 fully saturated rings. The number of aromatic nitrogens is 2. The molecule has 3 rings (SSSR count). The number of esters is 1. The van der Waals surface area contributed by atoms with E-state index in [-0.39, 0.29) is 41.8 Å². The number of halogens is 1. The molecule has 9 nitrogen and oxygen atoms in total. The third-order valence-electron chi connectivity index (χ3n) is 4.77. The van der Waals surface area contributed by atoms with Crippen LogP contribution in [0.5, 0.6) is 0 Å². The largest absolute Gasteiger partial charge is 0.464 e. The summed E-state index contributed by atoms with van der Waals surface area (Å²) in [6.45, 7) is 15.9. The summed E-state index contributed by atoms with van der Waals surface area (Å²) in [5, 5.41) is 4.11. The lowest BCUT2D eigenvalue weighted by molar-refractivity contribution is -0.171. The molecule has 0 radical (unpaired) electrons. The van der Waals surface area contributed by atoms with Crippen LogP contribution in [0.3, 0.4) is 0 Å². The molecular weight excluding hydrogens is 492 g/mol. The van der Waals surface area contributed by atoms with Crippen LogP contribution in [-0.4, -0.2) is 65.0 Å². The molecule has 0 bridgehead atoms. The molecular formula is C24H43ClN4O5S. The van der Waals surface area contributed by atoms with Crippen LogP contribution >= 0.6 is 23.4 Å². The Kier molecular flexibility index (Phi) is 14.2. The predicted octanol–water partition coefficient (Wildman–Crippen LogP) is 5.31. The fourth-order valence-corrected chi connectivity index (χ4v) is 4.50. The first-order chi connectivity index (χ1) is 16.6. The molecule has 1 aromatic rings. The van der Waals surface area contributed by atoms with Crippen LogP contribution in [0.2, 0.25) is 5.15 Å². The Morgan fingerprint density at radius 2 is 1.83 bits per heavy atom. The Morgan fingerprint density at radius 1 is 1.20 bits per heavy atom. The maximum atomic E-state index is 11.7. The predicted molar refractivity (Wildman–Crippen MR) is 142 cm³/mol. The Balaban J connectivity index is 0.00000114. The molecule has 0 aromatic carbocycles. The van der Waals surface area contributed by atoms with E-state index in [0.29, 0.717) is 24.0 Å². The van der Waals surface area contributed by atoms with Gasteiger partial charge in [0.05, 0.1) is 18.8 Å². The summed E-state index contributed by atoms with van der Waals surface area (Å²) in [5.74, 6) is 0.158. The molecule has 35 heavy (non-hydrogen) atoms. The van der Waals surface area contributed by atoms with E-state index >= 15 is 0 Å². The summed E-state index contributed by atoms with van der Waals surface area (Å²) < 4.78 is 22.9. The second-order valence-corrected chi connectivity index (χ2v) is 9.74. The van der Waals surface area contributed by atoms with Gasteiger partial charge in [0.2, 0.25) is 0 Å². The van der Waals surface area contributed by atoms with E-state index in [1.807, 2.05) is 27.7 Å². The van der Waals surface area contributed by atoms with E-state index in [2.05, 4.69) is 36.1 Å².